The van der Waals surface area contributed by atoms with Crippen LogP contribution in [0.5, 0.6) is 5.75 Å². The Morgan fingerprint density at radius 3 is 1.80 bits per heavy atom. The van der Waals surface area contributed by atoms with Gasteiger partial charge in [0.2, 0.25) is 0 Å². The molecule has 7 nitrogen and oxygen atoms in total. The zero-order valence-electron chi connectivity index (χ0n) is 22.7. The fourth-order valence-electron chi connectivity index (χ4n) is 6.01. The lowest BCUT2D eigenvalue weighted by Crippen LogP contribution is -2.57. The van der Waals surface area contributed by atoms with Crippen LogP contribution in [-0.2, 0) is 47.0 Å². The van der Waals surface area contributed by atoms with E-state index in [2.05, 4.69) is 56.3 Å². The van der Waals surface area contributed by atoms with Gasteiger partial charge < -0.3 is 33.2 Å². The van der Waals surface area contributed by atoms with Gasteiger partial charge in [0.1, 0.15) is 12.4 Å². The first-order chi connectivity index (χ1) is 19.4. The molecule has 0 amide bonds. The molecule has 4 aromatic carbocycles. The van der Waals surface area contributed by atoms with E-state index in [-0.39, 0.29) is 10.8 Å². The standard InChI is InChI=1S/C33H32O7/c1-30-16-35-32(36-17-30,37-18-30)25-10-11-27-22(12-25)7-5-8-24(27)15-34-29-14-26(13-23-6-3-4-9-28(23)29)33-38-19-31(2,20-39-33)21-40-33/h3-14H,15-21H2,1-2H3. The number of rotatable bonds is 5. The zero-order valence-corrected chi connectivity index (χ0v) is 22.7. The normalized spacial score (nSPS) is 33.0. The maximum absolute atomic E-state index is 6.53. The SMILES string of the molecule is CC12COC(c3ccc4c(COc5cc(C67OCC(C)(CO6)CO7)cc6ccccc56)cccc4c3)(OC1)OC2. The molecule has 0 radical (unpaired) electrons. The highest BCUT2D eigenvalue weighted by atomic mass is 16.9. The van der Waals surface area contributed by atoms with Gasteiger partial charge in [-0.25, -0.2) is 0 Å². The summed E-state index contributed by atoms with van der Waals surface area (Å²) >= 11 is 0. The van der Waals surface area contributed by atoms with E-state index >= 15 is 0 Å². The highest BCUT2D eigenvalue weighted by Crippen LogP contribution is 2.47. The molecule has 40 heavy (non-hydrogen) atoms. The van der Waals surface area contributed by atoms with Crippen molar-refractivity contribution in [3.63, 3.8) is 0 Å². The second kappa shape index (κ2) is 8.73. The van der Waals surface area contributed by atoms with Gasteiger partial charge in [-0.2, -0.15) is 0 Å². The average molecular weight is 541 g/mol. The van der Waals surface area contributed by atoms with E-state index < -0.39 is 11.9 Å². The van der Waals surface area contributed by atoms with Crippen molar-refractivity contribution in [1.29, 1.82) is 0 Å². The molecule has 206 valence electrons. The Labute approximate surface area is 232 Å². The topological polar surface area (TPSA) is 64.6 Å². The van der Waals surface area contributed by atoms with E-state index in [1.807, 2.05) is 30.3 Å². The molecule has 6 saturated heterocycles. The molecule has 0 saturated carbocycles. The molecule has 0 N–H and O–H groups in total. The molecule has 0 aromatic heterocycles. The third kappa shape index (κ3) is 3.88. The molecule has 6 fully saturated rings. The molecule has 6 aliphatic heterocycles. The Kier molecular flexibility index (Phi) is 5.40. The molecule has 4 bridgehead atoms. The van der Waals surface area contributed by atoms with Gasteiger partial charge in [0, 0.05) is 27.3 Å². The van der Waals surface area contributed by atoms with Crippen molar-refractivity contribution in [2.45, 2.75) is 32.4 Å². The highest BCUT2D eigenvalue weighted by molar-refractivity contribution is 5.89. The molecule has 4 aromatic rings. The molecule has 0 atom stereocenters. The summed E-state index contributed by atoms with van der Waals surface area (Å²) in [6.07, 6.45) is 0. The maximum atomic E-state index is 6.53. The smallest absolute Gasteiger partial charge is 0.312 e. The van der Waals surface area contributed by atoms with Crippen LogP contribution in [0, 0.1) is 10.8 Å². The quantitative estimate of drug-likeness (QED) is 0.310. The van der Waals surface area contributed by atoms with Crippen molar-refractivity contribution in [3.05, 3.63) is 89.5 Å². The molecular weight excluding hydrogens is 508 g/mol. The van der Waals surface area contributed by atoms with E-state index in [0.29, 0.717) is 46.2 Å². The summed E-state index contributed by atoms with van der Waals surface area (Å²) in [5.41, 5.74) is 2.56. The Balaban J connectivity index is 1.10. The van der Waals surface area contributed by atoms with Gasteiger partial charge in [-0.15, -0.1) is 0 Å². The van der Waals surface area contributed by atoms with Crippen LogP contribution in [0.1, 0.15) is 30.5 Å². The van der Waals surface area contributed by atoms with Gasteiger partial charge in [0.25, 0.3) is 0 Å². The van der Waals surface area contributed by atoms with Gasteiger partial charge in [0.15, 0.2) is 0 Å². The predicted octanol–water partition coefficient (Wildman–Crippen LogP) is 5.96. The summed E-state index contributed by atoms with van der Waals surface area (Å²) in [5, 5.41) is 4.24. The van der Waals surface area contributed by atoms with Crippen LogP contribution in [-0.4, -0.2) is 39.6 Å². The first-order valence-electron chi connectivity index (χ1n) is 13.9. The van der Waals surface area contributed by atoms with E-state index in [1.165, 1.54) is 0 Å². The largest absolute Gasteiger partial charge is 0.488 e. The molecule has 6 aliphatic rings. The Morgan fingerprint density at radius 1 is 0.575 bits per heavy atom. The van der Waals surface area contributed by atoms with Crippen molar-refractivity contribution in [2.75, 3.05) is 39.6 Å². The fourth-order valence-corrected chi connectivity index (χ4v) is 6.01. The van der Waals surface area contributed by atoms with E-state index in [0.717, 1.165) is 44.0 Å². The minimum absolute atomic E-state index is 0.0802. The Hall–Kier alpha value is -3.04. The molecule has 0 aliphatic carbocycles. The fraction of sp³-hybridized carbons (Fsp3) is 0.394. The van der Waals surface area contributed by atoms with Gasteiger partial charge in [0.05, 0.1) is 39.6 Å². The summed E-state index contributed by atoms with van der Waals surface area (Å²) in [6.45, 7) is 8.26. The Bertz CT molecular complexity index is 1580. The average Bonchev–Trinajstić information content (AvgIpc) is 3.00. The summed E-state index contributed by atoms with van der Waals surface area (Å²) in [7, 11) is 0. The number of fused-ring (bicyclic) bond motifs is 8. The molecule has 6 heterocycles. The number of ether oxygens (including phenoxy) is 7. The molecule has 7 heteroatoms. The van der Waals surface area contributed by atoms with Crippen molar-refractivity contribution in [1.82, 2.24) is 0 Å². The lowest BCUT2D eigenvalue weighted by atomic mass is 9.90. The molecular formula is C33H32O7. The van der Waals surface area contributed by atoms with Gasteiger partial charge >= 0.3 is 11.9 Å². The van der Waals surface area contributed by atoms with Crippen molar-refractivity contribution < 1.29 is 33.2 Å². The summed E-state index contributed by atoms with van der Waals surface area (Å²) in [4.78, 5) is 0. The third-order valence-corrected chi connectivity index (χ3v) is 8.55. The maximum Gasteiger partial charge on any atom is 0.312 e. The van der Waals surface area contributed by atoms with Crippen LogP contribution in [0.3, 0.4) is 0 Å². The zero-order chi connectivity index (χ0) is 27.0. The summed E-state index contributed by atoms with van der Waals surface area (Å²) in [5.74, 6) is -1.57. The minimum Gasteiger partial charge on any atom is -0.488 e. The number of hydrogen-bond donors (Lipinski definition) is 0. The van der Waals surface area contributed by atoms with Crippen molar-refractivity contribution in [2.24, 2.45) is 10.8 Å². The van der Waals surface area contributed by atoms with Gasteiger partial charge in [-0.3, -0.25) is 0 Å². The molecule has 0 spiro atoms. The number of hydrogen-bond acceptors (Lipinski definition) is 7. The second-order valence-electron chi connectivity index (χ2n) is 12.3. The predicted molar refractivity (Wildman–Crippen MR) is 148 cm³/mol. The van der Waals surface area contributed by atoms with Crippen LogP contribution >= 0.6 is 0 Å². The monoisotopic (exact) mass is 540 g/mol. The number of benzene rings is 4. The van der Waals surface area contributed by atoms with Crippen LogP contribution in [0.25, 0.3) is 21.5 Å². The van der Waals surface area contributed by atoms with Gasteiger partial charge in [-0.05, 0) is 39.9 Å². The first-order valence-corrected chi connectivity index (χ1v) is 13.9. The van der Waals surface area contributed by atoms with Crippen molar-refractivity contribution >= 4 is 21.5 Å². The van der Waals surface area contributed by atoms with Gasteiger partial charge in [-0.1, -0.05) is 68.4 Å². The third-order valence-electron chi connectivity index (χ3n) is 8.55. The lowest BCUT2D eigenvalue weighted by molar-refractivity contribution is -0.477. The highest BCUT2D eigenvalue weighted by Gasteiger charge is 2.53. The summed E-state index contributed by atoms with van der Waals surface area (Å²) < 4.78 is 43.1. The van der Waals surface area contributed by atoms with Crippen LogP contribution in [0.4, 0.5) is 0 Å². The van der Waals surface area contributed by atoms with E-state index in [9.17, 15) is 0 Å². The van der Waals surface area contributed by atoms with Crippen LogP contribution < -0.4 is 4.74 Å². The van der Waals surface area contributed by atoms with Crippen LogP contribution in [0.2, 0.25) is 0 Å². The molecule has 0 unspecified atom stereocenters. The Morgan fingerprint density at radius 2 is 1.12 bits per heavy atom. The van der Waals surface area contributed by atoms with Crippen LogP contribution in [0.15, 0.2) is 72.8 Å². The van der Waals surface area contributed by atoms with Crippen molar-refractivity contribution in [3.8, 4) is 5.75 Å². The van der Waals surface area contributed by atoms with E-state index in [1.54, 1.807) is 0 Å². The first kappa shape index (κ1) is 24.7. The van der Waals surface area contributed by atoms with E-state index in [4.69, 9.17) is 33.2 Å². The minimum atomic E-state index is -1.20. The second-order valence-corrected chi connectivity index (χ2v) is 12.3. The molecule has 10 rings (SSSR count). The lowest BCUT2D eigenvalue weighted by Gasteiger charge is -2.50. The summed E-state index contributed by atoms with van der Waals surface area (Å²) in [6, 6.07) is 24.7.